The van der Waals surface area contributed by atoms with E-state index in [1.165, 1.54) is 13.0 Å². The molecule has 1 amide bonds. The molecule has 12 heteroatoms. The van der Waals surface area contributed by atoms with Gasteiger partial charge >= 0.3 is 12.4 Å². The van der Waals surface area contributed by atoms with Gasteiger partial charge in [-0.15, -0.1) is 0 Å². The number of rotatable bonds is 2. The fourth-order valence-electron chi connectivity index (χ4n) is 2.58. The van der Waals surface area contributed by atoms with Crippen LogP contribution in [0.25, 0.3) is 10.9 Å². The summed E-state index contributed by atoms with van der Waals surface area (Å²) in [5, 5.41) is 4.60. The van der Waals surface area contributed by atoms with E-state index in [1.54, 1.807) is 4.98 Å². The van der Waals surface area contributed by atoms with Gasteiger partial charge in [0.05, 0.1) is 11.1 Å². The fourth-order valence-corrected chi connectivity index (χ4v) is 2.58. The Labute approximate surface area is 151 Å². The van der Waals surface area contributed by atoms with Gasteiger partial charge in [-0.25, -0.2) is 0 Å². The van der Waals surface area contributed by atoms with E-state index in [0.717, 1.165) is 12.1 Å². The van der Waals surface area contributed by atoms with Crippen LogP contribution in [0.5, 0.6) is 0 Å². The largest absolute Gasteiger partial charge is 0.432 e. The van der Waals surface area contributed by atoms with Gasteiger partial charge in [-0.3, -0.25) is 9.59 Å². The van der Waals surface area contributed by atoms with Gasteiger partial charge in [-0.05, 0) is 19.1 Å². The van der Waals surface area contributed by atoms with Crippen molar-refractivity contribution in [3.05, 3.63) is 57.1 Å². The highest BCUT2D eigenvalue weighted by Gasteiger charge is 2.41. The molecule has 0 atom stereocenters. The Bertz CT molecular complexity index is 1130. The zero-order chi connectivity index (χ0) is 20.9. The number of aryl methyl sites for hydroxylation is 1. The molecule has 3 rings (SSSR count). The van der Waals surface area contributed by atoms with Crippen LogP contribution in [0.2, 0.25) is 0 Å². The Morgan fingerprint density at radius 3 is 2.36 bits per heavy atom. The molecule has 2 N–H and O–H groups in total. The average molecular weight is 405 g/mol. The molecule has 0 unspecified atom stereocenters. The van der Waals surface area contributed by atoms with Crippen molar-refractivity contribution in [1.82, 2.24) is 10.1 Å². The molecule has 1 aromatic carbocycles. The van der Waals surface area contributed by atoms with E-state index < -0.39 is 51.4 Å². The Morgan fingerprint density at radius 2 is 1.82 bits per heavy atom. The molecular weight excluding hydrogens is 396 g/mol. The van der Waals surface area contributed by atoms with Crippen molar-refractivity contribution in [1.29, 1.82) is 0 Å². The summed E-state index contributed by atoms with van der Waals surface area (Å²) >= 11 is 0. The van der Waals surface area contributed by atoms with E-state index in [1.807, 2.05) is 5.32 Å². The smallest absolute Gasteiger partial charge is 0.360 e. The number of aromatic amines is 1. The molecule has 0 radical (unpaired) electrons. The van der Waals surface area contributed by atoms with Crippen molar-refractivity contribution < 1.29 is 35.7 Å². The molecule has 0 saturated heterocycles. The number of aromatic nitrogens is 2. The van der Waals surface area contributed by atoms with E-state index in [-0.39, 0.29) is 11.6 Å². The van der Waals surface area contributed by atoms with Crippen molar-refractivity contribution in [2.75, 3.05) is 5.32 Å². The third-order valence-corrected chi connectivity index (χ3v) is 3.72. The lowest BCUT2D eigenvalue weighted by Gasteiger charge is -2.16. The van der Waals surface area contributed by atoms with Crippen molar-refractivity contribution >= 4 is 22.6 Å². The number of nitrogens with zero attached hydrogens (tertiary/aromatic N) is 1. The molecule has 0 aliphatic carbocycles. The predicted octanol–water partition coefficient (Wildman–Crippen LogP) is 4.11. The van der Waals surface area contributed by atoms with E-state index in [4.69, 9.17) is 0 Å². The molecule has 0 bridgehead atoms. The van der Waals surface area contributed by atoms with Crippen LogP contribution in [0.3, 0.4) is 0 Å². The number of alkyl halides is 6. The first kappa shape index (κ1) is 19.5. The van der Waals surface area contributed by atoms with Crippen LogP contribution in [0.4, 0.5) is 32.2 Å². The summed E-state index contributed by atoms with van der Waals surface area (Å²) in [7, 11) is 0. The van der Waals surface area contributed by atoms with Crippen LogP contribution in [-0.2, 0) is 12.4 Å². The minimum absolute atomic E-state index is 0.230. The minimum atomic E-state index is -5.31. The number of halogens is 6. The first-order valence-corrected chi connectivity index (χ1v) is 7.47. The first-order valence-electron chi connectivity index (χ1n) is 7.47. The summed E-state index contributed by atoms with van der Waals surface area (Å²) in [5.74, 6) is -1.53. The highest BCUT2D eigenvalue weighted by molar-refractivity contribution is 6.06. The Balaban J connectivity index is 2.28. The predicted molar refractivity (Wildman–Crippen MR) is 83.8 cm³/mol. The normalized spacial score (nSPS) is 12.4. The third-order valence-electron chi connectivity index (χ3n) is 3.72. The molecule has 148 valence electrons. The maximum Gasteiger partial charge on any atom is 0.432 e. The first-order chi connectivity index (χ1) is 12.9. The second kappa shape index (κ2) is 6.39. The number of H-pyrrole nitrogens is 1. The minimum Gasteiger partial charge on any atom is -0.360 e. The molecule has 0 fully saturated rings. The van der Waals surface area contributed by atoms with Crippen molar-refractivity contribution in [3.8, 4) is 0 Å². The van der Waals surface area contributed by atoms with Crippen LogP contribution in [-0.4, -0.2) is 16.0 Å². The van der Waals surface area contributed by atoms with Crippen LogP contribution >= 0.6 is 0 Å². The number of para-hydroxylation sites is 1. The zero-order valence-corrected chi connectivity index (χ0v) is 13.7. The van der Waals surface area contributed by atoms with Gasteiger partial charge < -0.3 is 14.8 Å². The van der Waals surface area contributed by atoms with Gasteiger partial charge in [0.25, 0.3) is 5.91 Å². The molecule has 6 nitrogen and oxygen atoms in total. The van der Waals surface area contributed by atoms with Crippen molar-refractivity contribution in [2.45, 2.75) is 19.3 Å². The molecular formula is C16H9F6N3O3. The van der Waals surface area contributed by atoms with E-state index in [0.29, 0.717) is 6.07 Å². The number of carbonyl (C=O) groups excluding carboxylic acids is 1. The average Bonchev–Trinajstić information content (AvgIpc) is 2.97. The van der Waals surface area contributed by atoms with Crippen LogP contribution in [0.1, 0.15) is 27.4 Å². The lowest BCUT2D eigenvalue weighted by molar-refractivity contribution is -0.142. The topological polar surface area (TPSA) is 88.0 Å². The summed E-state index contributed by atoms with van der Waals surface area (Å²) in [5.41, 5.74) is -7.34. The number of hydrogen-bond acceptors (Lipinski definition) is 4. The Morgan fingerprint density at radius 1 is 1.14 bits per heavy atom. The van der Waals surface area contributed by atoms with Gasteiger partial charge in [0, 0.05) is 11.5 Å². The summed E-state index contributed by atoms with van der Waals surface area (Å²) < 4.78 is 84.3. The lowest BCUT2D eigenvalue weighted by Crippen LogP contribution is -2.29. The molecule has 0 aliphatic rings. The SMILES string of the molecule is Cc1cc(NC(=O)c2c(C(F)(F)F)[nH]c3c(C(F)(F)F)cccc3c2=O)no1. The second-order valence-corrected chi connectivity index (χ2v) is 5.70. The number of benzene rings is 1. The van der Waals surface area contributed by atoms with E-state index >= 15 is 0 Å². The fraction of sp³-hybridized carbons (Fsp3) is 0.188. The van der Waals surface area contributed by atoms with Crippen LogP contribution in [0, 0.1) is 6.92 Å². The zero-order valence-electron chi connectivity index (χ0n) is 13.7. The number of hydrogen-bond donors (Lipinski definition) is 2. The molecule has 0 saturated carbocycles. The number of fused-ring (bicyclic) bond motifs is 1. The summed E-state index contributed by atoms with van der Waals surface area (Å²) in [6.45, 7) is 1.45. The molecule has 0 aliphatic heterocycles. The maximum atomic E-state index is 13.4. The monoisotopic (exact) mass is 405 g/mol. The van der Waals surface area contributed by atoms with Crippen LogP contribution in [0.15, 0.2) is 33.6 Å². The second-order valence-electron chi connectivity index (χ2n) is 5.70. The molecule has 2 heterocycles. The van der Waals surface area contributed by atoms with Gasteiger partial charge in [0.15, 0.2) is 5.82 Å². The van der Waals surface area contributed by atoms with E-state index in [9.17, 15) is 35.9 Å². The maximum absolute atomic E-state index is 13.4. The van der Waals surface area contributed by atoms with Gasteiger partial charge in [-0.2, -0.15) is 26.3 Å². The number of anilines is 1. The highest BCUT2D eigenvalue weighted by atomic mass is 19.4. The van der Waals surface area contributed by atoms with Crippen LogP contribution < -0.4 is 10.7 Å². The molecule has 0 spiro atoms. The molecule has 2 aromatic heterocycles. The van der Waals surface area contributed by atoms with Crippen molar-refractivity contribution in [2.24, 2.45) is 0 Å². The van der Waals surface area contributed by atoms with Gasteiger partial charge in [0.1, 0.15) is 17.0 Å². The number of pyridine rings is 1. The summed E-state index contributed by atoms with van der Waals surface area (Å²) in [6.07, 6.45) is -10.3. The molecule has 28 heavy (non-hydrogen) atoms. The summed E-state index contributed by atoms with van der Waals surface area (Å²) in [4.78, 5) is 26.4. The Hall–Kier alpha value is -3.31. The van der Waals surface area contributed by atoms with Crippen molar-refractivity contribution in [3.63, 3.8) is 0 Å². The third kappa shape index (κ3) is 3.44. The number of carbonyl (C=O) groups is 1. The number of amides is 1. The highest BCUT2D eigenvalue weighted by Crippen LogP contribution is 2.36. The molecule has 3 aromatic rings. The standard InChI is InChI=1S/C16H9F6N3O3/c1-6-5-9(25-28-6)23-14(27)10-12(26)7-3-2-4-8(15(17,18)19)11(7)24-13(10)16(20,21)22/h2-5H,1H3,(H,24,26)(H,23,25,27). The quantitative estimate of drug-likeness (QED) is 0.628. The number of nitrogens with one attached hydrogen (secondary N) is 2. The van der Waals surface area contributed by atoms with Gasteiger partial charge in [-0.1, -0.05) is 11.2 Å². The van der Waals surface area contributed by atoms with E-state index in [2.05, 4.69) is 9.68 Å². The Kier molecular flexibility index (Phi) is 4.44. The lowest BCUT2D eigenvalue weighted by atomic mass is 10.0. The summed E-state index contributed by atoms with van der Waals surface area (Å²) in [6, 6.07) is 3.45. The van der Waals surface area contributed by atoms with Gasteiger partial charge in [0.2, 0.25) is 5.43 Å².